The topological polar surface area (TPSA) is 84.3 Å². The van der Waals surface area contributed by atoms with Gasteiger partial charge in [0.2, 0.25) is 0 Å². The van der Waals surface area contributed by atoms with Crippen LogP contribution in [0.15, 0.2) is 18.2 Å². The van der Waals surface area contributed by atoms with Gasteiger partial charge < -0.3 is 21.9 Å². The predicted molar refractivity (Wildman–Crippen MR) is 67.2 cm³/mol. The zero-order valence-corrected chi connectivity index (χ0v) is 9.37. The maximum absolute atomic E-state index is 10.2. The van der Waals surface area contributed by atoms with Crippen molar-refractivity contribution in [2.24, 2.45) is 0 Å². The van der Waals surface area contributed by atoms with Crippen LogP contribution in [0.4, 0.5) is 17.1 Å². The van der Waals surface area contributed by atoms with Crippen LogP contribution in [0.3, 0.4) is 0 Å². The van der Waals surface area contributed by atoms with Gasteiger partial charge in [0.05, 0.1) is 17.0 Å². The van der Waals surface area contributed by atoms with Gasteiger partial charge in [0.25, 0.3) is 0 Å². The number of benzene rings is 1. The molecule has 1 aromatic carbocycles. The molecule has 0 aromatic heterocycles. The molecule has 0 heterocycles. The van der Waals surface area contributed by atoms with Crippen molar-refractivity contribution < 1.29 is 5.11 Å². The first-order valence-electron chi connectivity index (χ1n) is 5.70. The van der Waals surface area contributed by atoms with Gasteiger partial charge in [-0.25, -0.2) is 0 Å². The van der Waals surface area contributed by atoms with E-state index in [9.17, 15) is 5.11 Å². The van der Waals surface area contributed by atoms with Crippen molar-refractivity contribution in [3.63, 3.8) is 0 Å². The van der Waals surface area contributed by atoms with Gasteiger partial charge in [-0.2, -0.15) is 0 Å². The van der Waals surface area contributed by atoms with Gasteiger partial charge in [-0.05, 0) is 31.0 Å². The van der Waals surface area contributed by atoms with Crippen LogP contribution >= 0.6 is 0 Å². The number of nitrogens with two attached hydrogens (primary N) is 2. The number of nitrogen functional groups attached to an aromatic ring is 2. The second-order valence-corrected chi connectivity index (χ2v) is 4.63. The number of nitrogens with one attached hydrogen (secondary N) is 1. The number of anilines is 3. The average Bonchev–Trinajstić information content (AvgIpc) is 2.68. The first kappa shape index (κ1) is 11.1. The Morgan fingerprint density at radius 1 is 1.19 bits per heavy atom. The summed E-state index contributed by atoms with van der Waals surface area (Å²) in [6.45, 7) is 0.580. The van der Waals surface area contributed by atoms with E-state index in [0.29, 0.717) is 17.9 Å². The third-order valence-electron chi connectivity index (χ3n) is 3.24. The van der Waals surface area contributed by atoms with Gasteiger partial charge in [-0.15, -0.1) is 0 Å². The minimum absolute atomic E-state index is 0.545. The maximum atomic E-state index is 10.2. The van der Waals surface area contributed by atoms with Crippen molar-refractivity contribution >= 4 is 17.1 Å². The fourth-order valence-corrected chi connectivity index (χ4v) is 2.16. The number of aliphatic hydroxyl groups is 1. The molecule has 16 heavy (non-hydrogen) atoms. The summed E-state index contributed by atoms with van der Waals surface area (Å²) in [4.78, 5) is 0. The Labute approximate surface area is 95.6 Å². The Morgan fingerprint density at radius 2 is 1.88 bits per heavy atom. The standard InChI is InChI=1S/C12H19N3O/c13-10-4-3-9(7-11(10)14)15-8-12(16)5-1-2-6-12/h3-4,7,15-16H,1-2,5-6,8,13-14H2. The van der Waals surface area contributed by atoms with Crippen LogP contribution in [0.1, 0.15) is 25.7 Å². The molecule has 0 amide bonds. The summed E-state index contributed by atoms with van der Waals surface area (Å²) in [6, 6.07) is 5.45. The highest BCUT2D eigenvalue weighted by molar-refractivity contribution is 5.69. The molecule has 2 rings (SSSR count). The summed E-state index contributed by atoms with van der Waals surface area (Å²) in [5, 5.41) is 13.4. The molecule has 0 radical (unpaired) electrons. The second kappa shape index (κ2) is 4.22. The normalized spacial score (nSPS) is 18.6. The Kier molecular flexibility index (Phi) is 2.92. The van der Waals surface area contributed by atoms with Gasteiger partial charge in [-0.1, -0.05) is 12.8 Å². The van der Waals surface area contributed by atoms with E-state index >= 15 is 0 Å². The predicted octanol–water partition coefficient (Wildman–Crippen LogP) is 1.57. The fourth-order valence-electron chi connectivity index (χ4n) is 2.16. The molecule has 1 fully saturated rings. The van der Waals surface area contributed by atoms with E-state index in [1.54, 1.807) is 12.1 Å². The summed E-state index contributed by atoms with van der Waals surface area (Å²) in [5.74, 6) is 0. The van der Waals surface area contributed by atoms with Crippen LogP contribution in [-0.4, -0.2) is 17.3 Å². The van der Waals surface area contributed by atoms with Gasteiger partial charge in [0.15, 0.2) is 0 Å². The zero-order chi connectivity index (χ0) is 11.6. The molecule has 1 aromatic rings. The van der Waals surface area contributed by atoms with E-state index in [1.165, 1.54) is 0 Å². The van der Waals surface area contributed by atoms with Crippen molar-refractivity contribution in [1.82, 2.24) is 0 Å². The van der Waals surface area contributed by atoms with E-state index in [4.69, 9.17) is 11.5 Å². The SMILES string of the molecule is Nc1ccc(NCC2(O)CCCC2)cc1N. The number of rotatable bonds is 3. The lowest BCUT2D eigenvalue weighted by Crippen LogP contribution is -2.33. The monoisotopic (exact) mass is 221 g/mol. The zero-order valence-electron chi connectivity index (χ0n) is 9.37. The molecule has 0 unspecified atom stereocenters. The average molecular weight is 221 g/mol. The highest BCUT2D eigenvalue weighted by atomic mass is 16.3. The summed E-state index contributed by atoms with van der Waals surface area (Å²) in [7, 11) is 0. The smallest absolute Gasteiger partial charge is 0.0819 e. The first-order chi connectivity index (χ1) is 7.59. The minimum Gasteiger partial charge on any atom is -0.397 e. The third-order valence-corrected chi connectivity index (χ3v) is 3.24. The van der Waals surface area contributed by atoms with Crippen LogP contribution in [-0.2, 0) is 0 Å². The van der Waals surface area contributed by atoms with E-state index in [-0.39, 0.29) is 0 Å². The van der Waals surface area contributed by atoms with E-state index in [2.05, 4.69) is 5.32 Å². The van der Waals surface area contributed by atoms with Crippen LogP contribution in [0, 0.1) is 0 Å². The largest absolute Gasteiger partial charge is 0.397 e. The van der Waals surface area contributed by atoms with Crippen LogP contribution in [0.5, 0.6) is 0 Å². The molecule has 0 bridgehead atoms. The third kappa shape index (κ3) is 2.39. The molecule has 0 spiro atoms. The van der Waals surface area contributed by atoms with Gasteiger partial charge in [-0.3, -0.25) is 0 Å². The fraction of sp³-hybridized carbons (Fsp3) is 0.500. The quantitative estimate of drug-likeness (QED) is 0.584. The molecule has 1 aliphatic carbocycles. The summed E-state index contributed by atoms with van der Waals surface area (Å²) in [6.07, 6.45) is 3.99. The minimum atomic E-state index is -0.545. The Balaban J connectivity index is 1.96. The van der Waals surface area contributed by atoms with Crippen LogP contribution in [0.25, 0.3) is 0 Å². The van der Waals surface area contributed by atoms with Crippen molar-refractivity contribution in [3.8, 4) is 0 Å². The molecule has 88 valence electrons. The van der Waals surface area contributed by atoms with E-state index in [1.807, 2.05) is 6.07 Å². The van der Waals surface area contributed by atoms with Crippen molar-refractivity contribution in [2.45, 2.75) is 31.3 Å². The van der Waals surface area contributed by atoms with Crippen LogP contribution < -0.4 is 16.8 Å². The summed E-state index contributed by atoms with van der Waals surface area (Å²) < 4.78 is 0. The molecule has 0 saturated heterocycles. The maximum Gasteiger partial charge on any atom is 0.0819 e. The molecular formula is C12H19N3O. The molecule has 1 aliphatic rings. The molecular weight excluding hydrogens is 202 g/mol. The summed E-state index contributed by atoms with van der Waals surface area (Å²) in [5.41, 5.74) is 12.9. The summed E-state index contributed by atoms with van der Waals surface area (Å²) >= 11 is 0. The van der Waals surface area contributed by atoms with Gasteiger partial charge >= 0.3 is 0 Å². The lowest BCUT2D eigenvalue weighted by atomic mass is 10.0. The molecule has 4 nitrogen and oxygen atoms in total. The Hall–Kier alpha value is -1.42. The van der Waals surface area contributed by atoms with E-state index in [0.717, 1.165) is 31.4 Å². The van der Waals surface area contributed by atoms with Crippen LogP contribution in [0.2, 0.25) is 0 Å². The lowest BCUT2D eigenvalue weighted by Gasteiger charge is -2.23. The molecule has 1 saturated carbocycles. The molecule has 6 N–H and O–H groups in total. The Morgan fingerprint density at radius 3 is 2.50 bits per heavy atom. The van der Waals surface area contributed by atoms with Crippen molar-refractivity contribution in [1.29, 1.82) is 0 Å². The van der Waals surface area contributed by atoms with E-state index < -0.39 is 5.60 Å². The van der Waals surface area contributed by atoms with Crippen molar-refractivity contribution in [3.05, 3.63) is 18.2 Å². The number of hydrogen-bond donors (Lipinski definition) is 4. The Bertz CT molecular complexity index is 373. The lowest BCUT2D eigenvalue weighted by molar-refractivity contribution is 0.0615. The highest BCUT2D eigenvalue weighted by Crippen LogP contribution is 2.30. The van der Waals surface area contributed by atoms with Gasteiger partial charge in [0, 0.05) is 12.2 Å². The van der Waals surface area contributed by atoms with Crippen molar-refractivity contribution in [2.75, 3.05) is 23.3 Å². The molecule has 0 aliphatic heterocycles. The number of hydrogen-bond acceptors (Lipinski definition) is 4. The van der Waals surface area contributed by atoms with Gasteiger partial charge in [0.1, 0.15) is 0 Å². The first-order valence-corrected chi connectivity index (χ1v) is 5.70. The molecule has 0 atom stereocenters. The highest BCUT2D eigenvalue weighted by Gasteiger charge is 2.30. The molecule has 4 heteroatoms. The second-order valence-electron chi connectivity index (χ2n) is 4.63.